The van der Waals surface area contributed by atoms with E-state index in [1.165, 1.54) is 4.90 Å². The third kappa shape index (κ3) is 4.63. The highest BCUT2D eigenvalue weighted by molar-refractivity contribution is 6.30. The molecule has 2 amide bonds. The van der Waals surface area contributed by atoms with Crippen LogP contribution in [0.1, 0.15) is 18.4 Å². The Morgan fingerprint density at radius 1 is 1.43 bits per heavy atom. The van der Waals surface area contributed by atoms with E-state index in [0.29, 0.717) is 31.1 Å². The van der Waals surface area contributed by atoms with Gasteiger partial charge in [0.1, 0.15) is 0 Å². The largest absolute Gasteiger partial charge is 0.465 e. The summed E-state index contributed by atoms with van der Waals surface area (Å²) in [5.74, 6) is -0.534. The summed E-state index contributed by atoms with van der Waals surface area (Å²) < 4.78 is 5.29. The summed E-state index contributed by atoms with van der Waals surface area (Å²) in [5, 5.41) is 0.670. The van der Waals surface area contributed by atoms with Gasteiger partial charge in [-0.2, -0.15) is 0 Å². The van der Waals surface area contributed by atoms with Crippen molar-refractivity contribution in [2.75, 3.05) is 19.7 Å². The topological polar surface area (TPSA) is 72.6 Å². The number of benzene rings is 1. The highest BCUT2D eigenvalue weighted by atomic mass is 35.5. The normalized spacial score (nSPS) is 18.3. The molecule has 1 aliphatic rings. The molecule has 0 bridgehead atoms. The molecular weight excluding hydrogens is 292 g/mol. The molecule has 1 aromatic rings. The summed E-state index contributed by atoms with van der Waals surface area (Å²) in [5.41, 5.74) is 6.27. The van der Waals surface area contributed by atoms with Crippen molar-refractivity contribution < 1.29 is 14.3 Å². The second kappa shape index (κ2) is 7.31. The first-order valence-electron chi connectivity index (χ1n) is 7.01. The first-order chi connectivity index (χ1) is 10.1. The van der Waals surface area contributed by atoms with Crippen molar-refractivity contribution in [1.29, 1.82) is 0 Å². The number of halogens is 1. The summed E-state index contributed by atoms with van der Waals surface area (Å²) in [6.45, 7) is 1.28. The lowest BCUT2D eigenvalue weighted by Gasteiger charge is -2.30. The van der Waals surface area contributed by atoms with E-state index in [1.54, 1.807) is 6.07 Å². The number of carbonyl (C=O) groups excluding carboxylic acids is 2. The predicted octanol–water partition coefficient (Wildman–Crippen LogP) is 2.22. The predicted molar refractivity (Wildman–Crippen MR) is 80.0 cm³/mol. The molecule has 1 saturated heterocycles. The van der Waals surface area contributed by atoms with Crippen molar-refractivity contribution in [2.24, 2.45) is 11.7 Å². The summed E-state index contributed by atoms with van der Waals surface area (Å²) in [7, 11) is 0. The fraction of sp³-hybridized carbons (Fsp3) is 0.467. The van der Waals surface area contributed by atoms with Crippen LogP contribution in [0.5, 0.6) is 0 Å². The van der Waals surface area contributed by atoms with Crippen LogP contribution in [0.25, 0.3) is 0 Å². The highest BCUT2D eigenvalue weighted by Gasteiger charge is 2.28. The molecule has 6 heteroatoms. The van der Waals surface area contributed by atoms with Crippen molar-refractivity contribution in [3.05, 3.63) is 34.9 Å². The Bertz CT molecular complexity index is 521. The zero-order valence-corrected chi connectivity index (χ0v) is 12.5. The number of nitrogens with zero attached hydrogens (tertiary/aromatic N) is 1. The highest BCUT2D eigenvalue weighted by Crippen LogP contribution is 2.18. The van der Waals surface area contributed by atoms with Crippen LogP contribution in [0.4, 0.5) is 4.79 Å². The molecule has 1 aliphatic heterocycles. The number of urea groups is 1. The second-order valence-corrected chi connectivity index (χ2v) is 5.61. The van der Waals surface area contributed by atoms with Gasteiger partial charge >= 0.3 is 12.0 Å². The van der Waals surface area contributed by atoms with E-state index in [2.05, 4.69) is 0 Å². The molecule has 114 valence electrons. The van der Waals surface area contributed by atoms with E-state index in [1.807, 2.05) is 18.2 Å². The van der Waals surface area contributed by atoms with Crippen LogP contribution in [0, 0.1) is 5.92 Å². The Labute approximate surface area is 129 Å². The van der Waals surface area contributed by atoms with Gasteiger partial charge in [-0.15, -0.1) is 0 Å². The van der Waals surface area contributed by atoms with Crippen LogP contribution < -0.4 is 5.73 Å². The van der Waals surface area contributed by atoms with Gasteiger partial charge < -0.3 is 15.4 Å². The number of ether oxygens (including phenoxy) is 1. The number of esters is 1. The maximum Gasteiger partial charge on any atom is 0.314 e. The van der Waals surface area contributed by atoms with Crippen LogP contribution in [-0.4, -0.2) is 36.6 Å². The van der Waals surface area contributed by atoms with Gasteiger partial charge in [-0.1, -0.05) is 23.7 Å². The lowest BCUT2D eigenvalue weighted by Crippen LogP contribution is -2.45. The number of carbonyl (C=O) groups is 2. The molecule has 0 aliphatic carbocycles. The van der Waals surface area contributed by atoms with E-state index in [9.17, 15) is 9.59 Å². The summed E-state index contributed by atoms with van der Waals surface area (Å²) in [6, 6.07) is 6.98. The molecule has 1 fully saturated rings. The fourth-order valence-corrected chi connectivity index (χ4v) is 2.66. The third-order valence-corrected chi connectivity index (χ3v) is 3.83. The smallest absolute Gasteiger partial charge is 0.314 e. The number of hydrogen-bond acceptors (Lipinski definition) is 3. The SMILES string of the molecule is NC(=O)N1CCCC(C(=O)OCCc2cccc(Cl)c2)C1. The van der Waals surface area contributed by atoms with Gasteiger partial charge in [0.2, 0.25) is 0 Å². The molecule has 0 spiro atoms. The molecule has 5 nitrogen and oxygen atoms in total. The lowest BCUT2D eigenvalue weighted by molar-refractivity contribution is -0.149. The van der Waals surface area contributed by atoms with Gasteiger partial charge in [-0.25, -0.2) is 4.79 Å². The number of amides is 2. The number of piperidine rings is 1. The van der Waals surface area contributed by atoms with Crippen molar-refractivity contribution in [2.45, 2.75) is 19.3 Å². The van der Waals surface area contributed by atoms with E-state index in [-0.39, 0.29) is 11.9 Å². The quantitative estimate of drug-likeness (QED) is 0.867. The van der Waals surface area contributed by atoms with Gasteiger partial charge in [0.15, 0.2) is 0 Å². The number of primary amides is 1. The number of hydrogen-bond donors (Lipinski definition) is 1. The summed E-state index contributed by atoms with van der Waals surface area (Å²) in [4.78, 5) is 24.6. The standard InChI is InChI=1S/C15H19ClN2O3/c16-13-5-1-3-11(9-13)6-8-21-14(19)12-4-2-7-18(10-12)15(17)20/h1,3,5,9,12H,2,4,6-8,10H2,(H2,17,20). The second-order valence-electron chi connectivity index (χ2n) is 5.17. The Morgan fingerprint density at radius 2 is 2.24 bits per heavy atom. The minimum absolute atomic E-state index is 0.261. The van der Waals surface area contributed by atoms with Crippen LogP contribution >= 0.6 is 11.6 Å². The first kappa shape index (κ1) is 15.6. The van der Waals surface area contributed by atoms with Gasteiger partial charge in [0.05, 0.1) is 12.5 Å². The molecule has 2 rings (SSSR count). The maximum atomic E-state index is 12.0. The lowest BCUT2D eigenvalue weighted by atomic mass is 9.98. The fourth-order valence-electron chi connectivity index (χ4n) is 2.45. The molecule has 0 radical (unpaired) electrons. The monoisotopic (exact) mass is 310 g/mol. The Balaban J connectivity index is 1.78. The van der Waals surface area contributed by atoms with Crippen molar-refractivity contribution in [1.82, 2.24) is 4.90 Å². The van der Waals surface area contributed by atoms with Crippen molar-refractivity contribution >= 4 is 23.6 Å². The first-order valence-corrected chi connectivity index (χ1v) is 7.39. The van der Waals surface area contributed by atoms with Gasteiger partial charge in [-0.3, -0.25) is 4.79 Å². The van der Waals surface area contributed by atoms with E-state index in [0.717, 1.165) is 18.4 Å². The van der Waals surface area contributed by atoms with Crippen molar-refractivity contribution in [3.63, 3.8) is 0 Å². The van der Waals surface area contributed by atoms with Crippen LogP contribution in [0.15, 0.2) is 24.3 Å². The third-order valence-electron chi connectivity index (χ3n) is 3.59. The summed E-state index contributed by atoms with van der Waals surface area (Å²) in [6.07, 6.45) is 2.13. The molecule has 1 aromatic carbocycles. The zero-order valence-electron chi connectivity index (χ0n) is 11.8. The van der Waals surface area contributed by atoms with Gasteiger partial charge in [0.25, 0.3) is 0 Å². The van der Waals surface area contributed by atoms with Crippen LogP contribution in [-0.2, 0) is 16.0 Å². The van der Waals surface area contributed by atoms with Crippen LogP contribution in [0.3, 0.4) is 0 Å². The molecule has 1 unspecified atom stereocenters. The average molecular weight is 311 g/mol. The Morgan fingerprint density at radius 3 is 2.95 bits per heavy atom. The van der Waals surface area contributed by atoms with Crippen molar-refractivity contribution in [3.8, 4) is 0 Å². The molecule has 2 N–H and O–H groups in total. The summed E-state index contributed by atoms with van der Waals surface area (Å²) >= 11 is 5.90. The number of rotatable bonds is 4. The molecule has 1 heterocycles. The van der Waals surface area contributed by atoms with Gasteiger partial charge in [-0.05, 0) is 30.5 Å². The maximum absolute atomic E-state index is 12.0. The zero-order chi connectivity index (χ0) is 15.2. The number of nitrogens with two attached hydrogens (primary N) is 1. The molecule has 0 aromatic heterocycles. The number of likely N-dealkylation sites (tertiary alicyclic amines) is 1. The van der Waals surface area contributed by atoms with E-state index in [4.69, 9.17) is 22.1 Å². The Hall–Kier alpha value is -1.75. The van der Waals surface area contributed by atoms with E-state index >= 15 is 0 Å². The molecule has 21 heavy (non-hydrogen) atoms. The van der Waals surface area contributed by atoms with Crippen LogP contribution in [0.2, 0.25) is 5.02 Å². The minimum atomic E-state index is -0.480. The minimum Gasteiger partial charge on any atom is -0.465 e. The molecule has 1 atom stereocenters. The molecular formula is C15H19ClN2O3. The average Bonchev–Trinajstić information content (AvgIpc) is 2.47. The molecule has 0 saturated carbocycles. The Kier molecular flexibility index (Phi) is 5.44. The van der Waals surface area contributed by atoms with Gasteiger partial charge in [0, 0.05) is 24.5 Å². The van der Waals surface area contributed by atoms with E-state index < -0.39 is 6.03 Å².